The van der Waals surface area contributed by atoms with Crippen LogP contribution in [0.25, 0.3) is 0 Å². The van der Waals surface area contributed by atoms with Crippen LogP contribution in [0.2, 0.25) is 0 Å². The summed E-state index contributed by atoms with van der Waals surface area (Å²) in [5.41, 5.74) is -0.829. The SMILES string of the molecule is CCCCCCCCCOC(=O)C(C)(C)CCCCCCN(CCO)CCCCCCC(C)(C)C(=O)OCCCCCC(CCC)CCC. The fraction of sp³-hybridized carbons (Fsp3) is 0.953. The molecule has 0 bridgehead atoms. The Morgan fingerprint density at radius 3 is 1.37 bits per heavy atom. The van der Waals surface area contributed by atoms with Crippen LogP contribution in [0.15, 0.2) is 0 Å². The van der Waals surface area contributed by atoms with Crippen molar-refractivity contribution >= 4 is 11.9 Å². The molecule has 0 heterocycles. The monoisotopic (exact) mass is 696 g/mol. The first kappa shape index (κ1) is 47.9. The maximum Gasteiger partial charge on any atom is 0.311 e. The summed E-state index contributed by atoms with van der Waals surface area (Å²) < 4.78 is 11.3. The van der Waals surface area contributed by atoms with Gasteiger partial charge in [0.1, 0.15) is 0 Å². The van der Waals surface area contributed by atoms with Gasteiger partial charge < -0.3 is 19.5 Å². The summed E-state index contributed by atoms with van der Waals surface area (Å²) in [7, 11) is 0. The van der Waals surface area contributed by atoms with Gasteiger partial charge in [-0.2, -0.15) is 0 Å². The summed E-state index contributed by atoms with van der Waals surface area (Å²) >= 11 is 0. The number of aliphatic hydroxyl groups is 1. The Balaban J connectivity index is 4.00. The van der Waals surface area contributed by atoms with Crippen LogP contribution in [-0.2, 0) is 19.1 Å². The predicted octanol–water partition coefficient (Wildman–Crippen LogP) is 11.8. The van der Waals surface area contributed by atoms with Gasteiger partial charge in [0.25, 0.3) is 0 Å². The number of rotatable bonds is 36. The normalized spacial score (nSPS) is 12.3. The van der Waals surface area contributed by atoms with Crippen LogP contribution in [0, 0.1) is 16.7 Å². The minimum Gasteiger partial charge on any atom is -0.465 e. The first-order chi connectivity index (χ1) is 23.5. The van der Waals surface area contributed by atoms with Crippen LogP contribution in [0.4, 0.5) is 0 Å². The Kier molecular flexibility index (Phi) is 30.8. The number of unbranched alkanes of at least 4 members (excludes halogenated alkanes) is 14. The van der Waals surface area contributed by atoms with Crippen molar-refractivity contribution in [2.45, 2.75) is 209 Å². The van der Waals surface area contributed by atoms with Gasteiger partial charge in [-0.05, 0) is 85.2 Å². The molecule has 0 radical (unpaired) electrons. The molecule has 0 unspecified atom stereocenters. The molecule has 0 saturated heterocycles. The van der Waals surface area contributed by atoms with Gasteiger partial charge in [0.15, 0.2) is 0 Å². The van der Waals surface area contributed by atoms with E-state index in [1.54, 1.807) is 0 Å². The molecule has 0 amide bonds. The number of hydrogen-bond acceptors (Lipinski definition) is 6. The summed E-state index contributed by atoms with van der Waals surface area (Å²) in [6.07, 6.45) is 29.2. The Morgan fingerprint density at radius 2 is 0.918 bits per heavy atom. The van der Waals surface area contributed by atoms with Crippen LogP contribution in [0.1, 0.15) is 209 Å². The molecule has 292 valence electrons. The Morgan fingerprint density at radius 1 is 0.510 bits per heavy atom. The number of carbonyl (C=O) groups is 2. The molecule has 0 rings (SSSR count). The molecule has 0 aromatic rings. The fourth-order valence-corrected chi connectivity index (χ4v) is 6.93. The molecule has 6 heteroatoms. The first-order valence-corrected chi connectivity index (χ1v) is 21.2. The molecular weight excluding hydrogens is 610 g/mol. The van der Waals surface area contributed by atoms with E-state index in [0.717, 1.165) is 115 Å². The number of aliphatic hydroxyl groups excluding tert-OH is 1. The number of esters is 2. The second-order valence-corrected chi connectivity index (χ2v) is 16.3. The summed E-state index contributed by atoms with van der Waals surface area (Å²) in [5, 5.41) is 9.57. The van der Waals surface area contributed by atoms with Crippen molar-refractivity contribution in [3.8, 4) is 0 Å². The Hall–Kier alpha value is -1.14. The van der Waals surface area contributed by atoms with Gasteiger partial charge in [-0.25, -0.2) is 0 Å². The molecule has 0 atom stereocenters. The van der Waals surface area contributed by atoms with Gasteiger partial charge in [0.05, 0.1) is 30.7 Å². The lowest BCUT2D eigenvalue weighted by atomic mass is 9.87. The molecular formula is C43H85NO5. The highest BCUT2D eigenvalue weighted by atomic mass is 16.5. The lowest BCUT2D eigenvalue weighted by Crippen LogP contribution is -2.29. The quantitative estimate of drug-likeness (QED) is 0.0519. The highest BCUT2D eigenvalue weighted by Gasteiger charge is 2.29. The second kappa shape index (κ2) is 31.6. The number of nitrogens with zero attached hydrogens (tertiary/aromatic N) is 1. The molecule has 0 aliphatic carbocycles. The minimum atomic E-state index is -0.418. The fourth-order valence-electron chi connectivity index (χ4n) is 6.93. The molecule has 0 saturated carbocycles. The molecule has 6 nitrogen and oxygen atoms in total. The summed E-state index contributed by atoms with van der Waals surface area (Å²) in [6, 6.07) is 0. The van der Waals surface area contributed by atoms with Crippen LogP contribution in [0.5, 0.6) is 0 Å². The van der Waals surface area contributed by atoms with E-state index < -0.39 is 10.8 Å². The Labute approximate surface area is 305 Å². The summed E-state index contributed by atoms with van der Waals surface area (Å²) in [5.74, 6) is 0.784. The van der Waals surface area contributed by atoms with E-state index in [0.29, 0.717) is 13.2 Å². The van der Waals surface area contributed by atoms with Crippen molar-refractivity contribution in [3.63, 3.8) is 0 Å². The number of carbonyl (C=O) groups excluding carboxylic acids is 2. The zero-order chi connectivity index (χ0) is 36.6. The molecule has 0 aliphatic heterocycles. The van der Waals surface area contributed by atoms with Gasteiger partial charge in [-0.1, -0.05) is 143 Å². The van der Waals surface area contributed by atoms with E-state index in [2.05, 4.69) is 25.7 Å². The minimum absolute atomic E-state index is 0.0428. The van der Waals surface area contributed by atoms with Gasteiger partial charge in [-0.3, -0.25) is 9.59 Å². The van der Waals surface area contributed by atoms with Crippen LogP contribution >= 0.6 is 0 Å². The number of ether oxygens (including phenoxy) is 2. The van der Waals surface area contributed by atoms with Crippen molar-refractivity contribution in [2.75, 3.05) is 39.5 Å². The van der Waals surface area contributed by atoms with Gasteiger partial charge >= 0.3 is 11.9 Å². The topological polar surface area (TPSA) is 76.1 Å². The zero-order valence-electron chi connectivity index (χ0n) is 34.0. The Bertz CT molecular complexity index is 761. The smallest absolute Gasteiger partial charge is 0.311 e. The summed E-state index contributed by atoms with van der Waals surface area (Å²) in [6.45, 7) is 19.0. The highest BCUT2D eigenvalue weighted by Crippen LogP contribution is 2.27. The van der Waals surface area contributed by atoms with Crippen LogP contribution < -0.4 is 0 Å². The molecule has 0 fully saturated rings. The van der Waals surface area contributed by atoms with Crippen molar-refractivity contribution in [2.24, 2.45) is 16.7 Å². The van der Waals surface area contributed by atoms with Crippen molar-refractivity contribution in [3.05, 3.63) is 0 Å². The van der Waals surface area contributed by atoms with Gasteiger partial charge in [0, 0.05) is 6.54 Å². The molecule has 49 heavy (non-hydrogen) atoms. The maximum absolute atomic E-state index is 12.7. The third-order valence-corrected chi connectivity index (χ3v) is 10.4. The highest BCUT2D eigenvalue weighted by molar-refractivity contribution is 5.76. The third-order valence-electron chi connectivity index (χ3n) is 10.4. The zero-order valence-corrected chi connectivity index (χ0v) is 34.0. The molecule has 1 N–H and O–H groups in total. The van der Waals surface area contributed by atoms with Crippen LogP contribution in [-0.4, -0.2) is 61.4 Å². The first-order valence-electron chi connectivity index (χ1n) is 21.2. The van der Waals surface area contributed by atoms with E-state index in [1.807, 2.05) is 27.7 Å². The van der Waals surface area contributed by atoms with Crippen LogP contribution in [0.3, 0.4) is 0 Å². The predicted molar refractivity (Wildman–Crippen MR) is 209 cm³/mol. The average Bonchev–Trinajstić information content (AvgIpc) is 3.06. The lowest BCUT2D eigenvalue weighted by Gasteiger charge is -2.23. The van der Waals surface area contributed by atoms with E-state index in [-0.39, 0.29) is 18.5 Å². The van der Waals surface area contributed by atoms with Crippen molar-refractivity contribution in [1.29, 1.82) is 0 Å². The van der Waals surface area contributed by atoms with E-state index in [1.165, 1.54) is 70.6 Å². The lowest BCUT2D eigenvalue weighted by molar-refractivity contribution is -0.155. The maximum atomic E-state index is 12.7. The second-order valence-electron chi connectivity index (χ2n) is 16.3. The summed E-state index contributed by atoms with van der Waals surface area (Å²) in [4.78, 5) is 27.7. The molecule has 0 spiro atoms. The molecule has 0 aliphatic rings. The van der Waals surface area contributed by atoms with E-state index in [4.69, 9.17) is 9.47 Å². The molecule has 0 aromatic carbocycles. The van der Waals surface area contributed by atoms with Crippen molar-refractivity contribution in [1.82, 2.24) is 4.90 Å². The van der Waals surface area contributed by atoms with Gasteiger partial charge in [0.2, 0.25) is 0 Å². The average molecular weight is 696 g/mol. The third kappa shape index (κ3) is 27.2. The largest absolute Gasteiger partial charge is 0.465 e. The number of hydrogen-bond donors (Lipinski definition) is 1. The van der Waals surface area contributed by atoms with Crippen molar-refractivity contribution < 1.29 is 24.2 Å². The standard InChI is InChI=1S/C43H85NO5/c1-8-11-12-13-14-19-26-37-48-40(46)42(4,5)31-22-15-17-24-33-44(35-36-45)34-25-18-16-23-32-43(6,7)41(47)49-38-27-20-21-30-39(28-9-2)29-10-3/h39,45H,8-38H2,1-7H3. The van der Waals surface area contributed by atoms with Gasteiger partial charge in [-0.15, -0.1) is 0 Å². The van der Waals surface area contributed by atoms with E-state index >= 15 is 0 Å². The van der Waals surface area contributed by atoms with E-state index in [9.17, 15) is 14.7 Å². The molecule has 0 aromatic heterocycles.